The molecule has 1 heterocycles. The van der Waals surface area contributed by atoms with Crippen molar-refractivity contribution in [1.29, 1.82) is 0 Å². The minimum atomic E-state index is 0.905. The molecule has 0 aliphatic carbocycles. The van der Waals surface area contributed by atoms with Crippen LogP contribution in [0.25, 0.3) is 0 Å². The Kier molecular flexibility index (Phi) is 10.5. The molecule has 19 heavy (non-hydrogen) atoms. The fraction of sp³-hybridized carbons (Fsp3) is 1.00. The maximum absolute atomic E-state index is 3.57. The first-order valence-electron chi connectivity index (χ1n) is 9.03. The number of unbranched alkanes of at least 4 members (excludes halogenated alkanes) is 9. The summed E-state index contributed by atoms with van der Waals surface area (Å²) in [6, 6.07) is 0. The summed E-state index contributed by atoms with van der Waals surface area (Å²) in [5.74, 6) is 1.87. The van der Waals surface area contributed by atoms with E-state index in [1.807, 2.05) is 0 Å². The zero-order valence-electron chi connectivity index (χ0n) is 13.6. The summed E-state index contributed by atoms with van der Waals surface area (Å²) >= 11 is 0. The third-order valence-electron chi connectivity index (χ3n) is 4.63. The van der Waals surface area contributed by atoms with Gasteiger partial charge in [0.1, 0.15) is 0 Å². The van der Waals surface area contributed by atoms with E-state index in [0.29, 0.717) is 0 Å². The van der Waals surface area contributed by atoms with Gasteiger partial charge in [0, 0.05) is 0 Å². The predicted molar refractivity (Wildman–Crippen MR) is 86.6 cm³/mol. The Hall–Kier alpha value is -0.0400. The van der Waals surface area contributed by atoms with Gasteiger partial charge in [-0.3, -0.25) is 0 Å². The molecule has 2 unspecified atom stereocenters. The van der Waals surface area contributed by atoms with Gasteiger partial charge in [-0.2, -0.15) is 0 Å². The lowest BCUT2D eigenvalue weighted by molar-refractivity contribution is 0.282. The molecule has 0 amide bonds. The van der Waals surface area contributed by atoms with E-state index >= 15 is 0 Å². The smallest absolute Gasteiger partial charge is 0.00203 e. The molecule has 0 spiro atoms. The molecule has 1 nitrogen and oxygen atoms in total. The van der Waals surface area contributed by atoms with Crippen LogP contribution < -0.4 is 5.32 Å². The minimum Gasteiger partial charge on any atom is -0.316 e. The van der Waals surface area contributed by atoms with Crippen molar-refractivity contribution in [1.82, 2.24) is 5.32 Å². The lowest BCUT2D eigenvalue weighted by Crippen LogP contribution is -2.34. The van der Waals surface area contributed by atoms with Crippen molar-refractivity contribution in [3.63, 3.8) is 0 Å². The summed E-state index contributed by atoms with van der Waals surface area (Å²) in [4.78, 5) is 0. The number of nitrogens with one attached hydrogen (secondary N) is 1. The number of rotatable bonds is 11. The highest BCUT2D eigenvalue weighted by Gasteiger charge is 2.17. The molecule has 2 atom stereocenters. The third-order valence-corrected chi connectivity index (χ3v) is 4.63. The van der Waals surface area contributed by atoms with Gasteiger partial charge in [0.15, 0.2) is 0 Å². The van der Waals surface area contributed by atoms with Gasteiger partial charge in [-0.15, -0.1) is 0 Å². The van der Waals surface area contributed by atoms with Crippen molar-refractivity contribution in [2.24, 2.45) is 11.8 Å². The normalized spacial score (nSPS) is 23.7. The van der Waals surface area contributed by atoms with Gasteiger partial charge in [0.25, 0.3) is 0 Å². The minimum absolute atomic E-state index is 0.905. The Morgan fingerprint density at radius 1 is 0.789 bits per heavy atom. The zero-order valence-corrected chi connectivity index (χ0v) is 13.6. The number of hydrogen-bond donors (Lipinski definition) is 1. The maximum atomic E-state index is 3.57. The quantitative estimate of drug-likeness (QED) is 0.484. The van der Waals surface area contributed by atoms with Crippen LogP contribution in [0.5, 0.6) is 0 Å². The molecule has 0 aromatic heterocycles. The average Bonchev–Trinajstić information content (AvgIpc) is 2.41. The zero-order chi connectivity index (χ0) is 13.8. The third kappa shape index (κ3) is 9.49. The highest BCUT2D eigenvalue weighted by Crippen LogP contribution is 2.21. The second-order valence-corrected chi connectivity index (χ2v) is 6.84. The molecule has 1 rings (SSSR count). The Balaban J connectivity index is 1.78. The van der Waals surface area contributed by atoms with Crippen LogP contribution in [0, 0.1) is 11.8 Å². The van der Waals surface area contributed by atoms with E-state index in [-0.39, 0.29) is 0 Å². The standard InChI is InChI=1S/C18H37N/c1-3-4-5-6-7-8-9-10-11-12-13-18-14-17(2)15-19-16-18/h17-19H,3-16H2,1-2H3. The molecule has 0 saturated carbocycles. The summed E-state index contributed by atoms with van der Waals surface area (Å²) in [6.45, 7) is 7.20. The summed E-state index contributed by atoms with van der Waals surface area (Å²) in [5.41, 5.74) is 0. The lowest BCUT2D eigenvalue weighted by atomic mass is 9.88. The summed E-state index contributed by atoms with van der Waals surface area (Å²) in [5, 5.41) is 3.57. The van der Waals surface area contributed by atoms with Crippen LogP contribution in [0.2, 0.25) is 0 Å². The molecule has 0 aromatic rings. The lowest BCUT2D eigenvalue weighted by Gasteiger charge is -2.27. The molecule has 1 N–H and O–H groups in total. The number of hydrogen-bond acceptors (Lipinski definition) is 1. The fourth-order valence-corrected chi connectivity index (χ4v) is 3.41. The Morgan fingerprint density at radius 3 is 1.95 bits per heavy atom. The van der Waals surface area contributed by atoms with E-state index in [4.69, 9.17) is 0 Å². The first-order chi connectivity index (χ1) is 9.33. The van der Waals surface area contributed by atoms with Crippen LogP contribution >= 0.6 is 0 Å². The molecule has 1 aliphatic rings. The Labute approximate surface area is 121 Å². The molecule has 1 saturated heterocycles. The van der Waals surface area contributed by atoms with Gasteiger partial charge in [-0.05, 0) is 37.8 Å². The topological polar surface area (TPSA) is 12.0 Å². The highest BCUT2D eigenvalue weighted by atomic mass is 14.9. The van der Waals surface area contributed by atoms with Gasteiger partial charge in [-0.1, -0.05) is 78.1 Å². The van der Waals surface area contributed by atoms with Gasteiger partial charge in [-0.25, -0.2) is 0 Å². The number of piperidine rings is 1. The molecule has 0 bridgehead atoms. The van der Waals surface area contributed by atoms with Crippen molar-refractivity contribution < 1.29 is 0 Å². The van der Waals surface area contributed by atoms with Crippen molar-refractivity contribution in [2.45, 2.75) is 90.9 Å². The second-order valence-electron chi connectivity index (χ2n) is 6.84. The van der Waals surface area contributed by atoms with Crippen LogP contribution in [0.1, 0.15) is 90.9 Å². The van der Waals surface area contributed by atoms with E-state index in [2.05, 4.69) is 19.2 Å². The monoisotopic (exact) mass is 267 g/mol. The summed E-state index contributed by atoms with van der Waals surface area (Å²) in [6.07, 6.45) is 17.5. The van der Waals surface area contributed by atoms with Gasteiger partial charge in [0.05, 0.1) is 0 Å². The van der Waals surface area contributed by atoms with Crippen molar-refractivity contribution in [3.05, 3.63) is 0 Å². The molecule has 0 aromatic carbocycles. The Bertz CT molecular complexity index is 190. The van der Waals surface area contributed by atoms with Gasteiger partial charge < -0.3 is 5.32 Å². The van der Waals surface area contributed by atoms with Crippen molar-refractivity contribution in [3.8, 4) is 0 Å². The second kappa shape index (κ2) is 11.8. The maximum Gasteiger partial charge on any atom is -0.00203 e. The molecule has 1 heteroatoms. The van der Waals surface area contributed by atoms with E-state index in [1.165, 1.54) is 90.1 Å². The molecular formula is C18H37N. The Morgan fingerprint density at radius 2 is 1.37 bits per heavy atom. The summed E-state index contributed by atoms with van der Waals surface area (Å²) < 4.78 is 0. The van der Waals surface area contributed by atoms with Crippen molar-refractivity contribution in [2.75, 3.05) is 13.1 Å². The van der Waals surface area contributed by atoms with E-state index in [0.717, 1.165) is 11.8 Å². The van der Waals surface area contributed by atoms with Gasteiger partial charge in [0.2, 0.25) is 0 Å². The van der Waals surface area contributed by atoms with Crippen LogP contribution in [-0.2, 0) is 0 Å². The van der Waals surface area contributed by atoms with Crippen molar-refractivity contribution >= 4 is 0 Å². The molecule has 1 aliphatic heterocycles. The first kappa shape index (κ1) is 17.0. The van der Waals surface area contributed by atoms with Crippen LogP contribution in [0.15, 0.2) is 0 Å². The predicted octanol–water partition coefficient (Wildman–Crippen LogP) is 5.54. The molecule has 0 radical (unpaired) electrons. The summed E-state index contributed by atoms with van der Waals surface area (Å²) in [7, 11) is 0. The first-order valence-corrected chi connectivity index (χ1v) is 9.03. The molecule has 1 fully saturated rings. The van der Waals surface area contributed by atoms with Crippen LogP contribution in [-0.4, -0.2) is 13.1 Å². The van der Waals surface area contributed by atoms with E-state index < -0.39 is 0 Å². The SMILES string of the molecule is CCCCCCCCCCCCC1CNCC(C)C1. The van der Waals surface area contributed by atoms with E-state index in [9.17, 15) is 0 Å². The molecule has 114 valence electrons. The van der Waals surface area contributed by atoms with Gasteiger partial charge >= 0.3 is 0 Å². The molecular weight excluding hydrogens is 230 g/mol. The fourth-order valence-electron chi connectivity index (χ4n) is 3.41. The van der Waals surface area contributed by atoms with Crippen LogP contribution in [0.4, 0.5) is 0 Å². The largest absolute Gasteiger partial charge is 0.316 e. The van der Waals surface area contributed by atoms with E-state index in [1.54, 1.807) is 0 Å². The van der Waals surface area contributed by atoms with Crippen LogP contribution in [0.3, 0.4) is 0 Å². The highest BCUT2D eigenvalue weighted by molar-refractivity contribution is 4.73. The average molecular weight is 268 g/mol.